The maximum absolute atomic E-state index is 12.9. The number of nitrogens with one attached hydrogen (secondary N) is 3. The first kappa shape index (κ1) is 18.1. The third kappa shape index (κ3) is 3.36. The molecule has 1 unspecified atom stereocenters. The maximum Gasteiger partial charge on any atom is 0.255 e. The molecule has 0 spiro atoms. The zero-order chi connectivity index (χ0) is 19.0. The molecule has 0 saturated carbocycles. The number of imide groups is 1. The summed E-state index contributed by atoms with van der Waals surface area (Å²) in [6.45, 7) is 3.39. The van der Waals surface area contributed by atoms with Crippen molar-refractivity contribution < 1.29 is 19.1 Å². The van der Waals surface area contributed by atoms with Crippen molar-refractivity contribution >= 4 is 17.7 Å². The Kier molecular flexibility index (Phi) is 4.71. The van der Waals surface area contributed by atoms with Crippen LogP contribution in [0.3, 0.4) is 0 Å². The molecule has 1 atom stereocenters. The summed E-state index contributed by atoms with van der Waals surface area (Å²) in [5.41, 5.74) is 2.53. The lowest BCUT2D eigenvalue weighted by Gasteiger charge is -2.43. The van der Waals surface area contributed by atoms with Crippen molar-refractivity contribution in [1.29, 1.82) is 0 Å². The Hall–Kier alpha value is -2.29. The largest absolute Gasteiger partial charge is 0.383 e. The number of hydrogen-bond acceptors (Lipinski definition) is 6. The number of hydrogen-bond donors (Lipinski definition) is 3. The van der Waals surface area contributed by atoms with Gasteiger partial charge in [-0.2, -0.15) is 0 Å². The number of amides is 3. The molecule has 0 radical (unpaired) electrons. The number of ether oxygens (including phenoxy) is 1. The molecule has 0 aliphatic carbocycles. The summed E-state index contributed by atoms with van der Waals surface area (Å²) in [5, 5.41) is 9.11. The van der Waals surface area contributed by atoms with E-state index in [0.717, 1.165) is 24.2 Å². The summed E-state index contributed by atoms with van der Waals surface area (Å²) in [5.74, 6) is -0.796. The minimum Gasteiger partial charge on any atom is -0.383 e. The van der Waals surface area contributed by atoms with Crippen molar-refractivity contribution in [2.75, 3.05) is 26.8 Å². The lowest BCUT2D eigenvalue weighted by molar-refractivity contribution is -0.136. The second-order valence-corrected chi connectivity index (χ2v) is 7.56. The van der Waals surface area contributed by atoms with Gasteiger partial charge in [0.05, 0.1) is 12.1 Å². The number of carbonyl (C=O) groups excluding carboxylic acids is 3. The topological polar surface area (TPSA) is 99.8 Å². The molecule has 2 fully saturated rings. The number of rotatable bonds is 6. The Morgan fingerprint density at radius 1 is 1.30 bits per heavy atom. The first-order chi connectivity index (χ1) is 13.0. The maximum atomic E-state index is 12.9. The lowest BCUT2D eigenvalue weighted by atomic mass is 9.93. The highest BCUT2D eigenvalue weighted by Crippen LogP contribution is 2.28. The molecular formula is C19H24N4O4. The molecule has 0 bridgehead atoms. The Labute approximate surface area is 157 Å². The molecule has 8 heteroatoms. The Morgan fingerprint density at radius 3 is 2.78 bits per heavy atom. The Balaban J connectivity index is 1.45. The molecule has 0 aromatic heterocycles. The van der Waals surface area contributed by atoms with Crippen LogP contribution in [0.15, 0.2) is 18.2 Å². The van der Waals surface area contributed by atoms with Crippen LogP contribution < -0.4 is 16.0 Å². The number of nitrogens with zero attached hydrogens (tertiary/aromatic N) is 1. The summed E-state index contributed by atoms with van der Waals surface area (Å²) in [7, 11) is 1.69. The highest BCUT2D eigenvalue weighted by Gasteiger charge is 2.39. The molecule has 3 aliphatic rings. The van der Waals surface area contributed by atoms with Crippen LogP contribution in [0.5, 0.6) is 0 Å². The first-order valence-electron chi connectivity index (χ1n) is 9.22. The molecule has 3 aliphatic heterocycles. The Morgan fingerprint density at radius 2 is 2.11 bits per heavy atom. The van der Waals surface area contributed by atoms with Crippen LogP contribution in [0, 0.1) is 0 Å². The van der Waals surface area contributed by atoms with Gasteiger partial charge in [-0.1, -0.05) is 12.1 Å². The summed E-state index contributed by atoms with van der Waals surface area (Å²) >= 11 is 0. The molecule has 3 amide bonds. The van der Waals surface area contributed by atoms with Gasteiger partial charge in [0, 0.05) is 45.3 Å². The van der Waals surface area contributed by atoms with Crippen LogP contribution in [0.2, 0.25) is 0 Å². The zero-order valence-corrected chi connectivity index (χ0v) is 15.3. The number of piperidine rings is 1. The third-order valence-electron chi connectivity index (χ3n) is 5.61. The van der Waals surface area contributed by atoms with Gasteiger partial charge in [-0.15, -0.1) is 0 Å². The molecule has 1 aromatic carbocycles. The molecule has 27 heavy (non-hydrogen) atoms. The van der Waals surface area contributed by atoms with Gasteiger partial charge in [-0.25, -0.2) is 0 Å². The molecular weight excluding hydrogens is 348 g/mol. The highest BCUT2D eigenvalue weighted by molar-refractivity contribution is 6.05. The molecule has 144 valence electrons. The minimum atomic E-state index is -0.574. The van der Waals surface area contributed by atoms with Crippen LogP contribution in [0.25, 0.3) is 0 Å². The zero-order valence-electron chi connectivity index (χ0n) is 15.3. The first-order valence-corrected chi connectivity index (χ1v) is 9.22. The van der Waals surface area contributed by atoms with Gasteiger partial charge in [0.15, 0.2) is 0 Å². The summed E-state index contributed by atoms with van der Waals surface area (Å²) in [6, 6.07) is 5.30. The van der Waals surface area contributed by atoms with Gasteiger partial charge < -0.3 is 20.3 Å². The quantitative estimate of drug-likeness (QED) is 0.584. The SMILES string of the molecule is COCC1(NCc2ccc3c(c2)C(=O)N(C2CCC(=O)NC2=O)C3)CNC1. The van der Waals surface area contributed by atoms with E-state index in [4.69, 9.17) is 4.74 Å². The average Bonchev–Trinajstić information content (AvgIpc) is 2.93. The Bertz CT molecular complexity index is 790. The number of methoxy groups -OCH3 is 1. The van der Waals surface area contributed by atoms with Crippen molar-refractivity contribution in [3.63, 3.8) is 0 Å². The molecule has 3 N–H and O–H groups in total. The van der Waals surface area contributed by atoms with E-state index >= 15 is 0 Å². The van der Waals surface area contributed by atoms with Gasteiger partial charge in [0.2, 0.25) is 11.8 Å². The van der Waals surface area contributed by atoms with Crippen LogP contribution in [-0.4, -0.2) is 61.0 Å². The van der Waals surface area contributed by atoms with Crippen LogP contribution in [-0.2, 0) is 27.4 Å². The molecule has 4 rings (SSSR count). The summed E-state index contributed by atoms with van der Waals surface area (Å²) in [6.07, 6.45) is 0.646. The smallest absolute Gasteiger partial charge is 0.255 e. The predicted octanol–water partition coefficient (Wildman–Crippen LogP) is -0.474. The van der Waals surface area contributed by atoms with E-state index in [1.807, 2.05) is 18.2 Å². The highest BCUT2D eigenvalue weighted by atomic mass is 16.5. The van der Waals surface area contributed by atoms with E-state index in [1.54, 1.807) is 12.0 Å². The van der Waals surface area contributed by atoms with Crippen molar-refractivity contribution in [3.05, 3.63) is 34.9 Å². The summed E-state index contributed by atoms with van der Waals surface area (Å²) < 4.78 is 5.30. The number of benzene rings is 1. The standard InChI is InChI=1S/C19H24N4O4/c1-27-11-19(9-20-10-19)21-7-12-2-3-13-8-23(18(26)14(13)6-12)15-4-5-16(24)22-17(15)25/h2-3,6,15,20-21H,4-5,7-11H2,1H3,(H,22,24,25). The van der Waals surface area contributed by atoms with Crippen molar-refractivity contribution in [2.45, 2.75) is 37.5 Å². The number of fused-ring (bicyclic) bond motifs is 1. The van der Waals surface area contributed by atoms with Gasteiger partial charge in [0.1, 0.15) is 6.04 Å². The minimum absolute atomic E-state index is 0.0590. The van der Waals surface area contributed by atoms with E-state index in [2.05, 4.69) is 16.0 Å². The van der Waals surface area contributed by atoms with E-state index < -0.39 is 6.04 Å². The van der Waals surface area contributed by atoms with Gasteiger partial charge in [0.25, 0.3) is 5.91 Å². The van der Waals surface area contributed by atoms with E-state index in [0.29, 0.717) is 31.7 Å². The van der Waals surface area contributed by atoms with Crippen LogP contribution >= 0.6 is 0 Å². The second-order valence-electron chi connectivity index (χ2n) is 7.56. The summed E-state index contributed by atoms with van der Waals surface area (Å²) in [4.78, 5) is 37.9. The van der Waals surface area contributed by atoms with E-state index in [9.17, 15) is 14.4 Å². The number of carbonyl (C=O) groups is 3. The van der Waals surface area contributed by atoms with Gasteiger partial charge in [-0.05, 0) is 23.6 Å². The fourth-order valence-electron chi connectivity index (χ4n) is 3.98. The average molecular weight is 372 g/mol. The van der Waals surface area contributed by atoms with Crippen molar-refractivity contribution in [1.82, 2.24) is 20.9 Å². The van der Waals surface area contributed by atoms with Crippen molar-refractivity contribution in [2.24, 2.45) is 0 Å². The van der Waals surface area contributed by atoms with Crippen LogP contribution in [0.4, 0.5) is 0 Å². The lowest BCUT2D eigenvalue weighted by Crippen LogP contribution is -2.69. The predicted molar refractivity (Wildman–Crippen MR) is 96.8 cm³/mol. The fraction of sp³-hybridized carbons (Fsp3) is 0.526. The molecule has 2 saturated heterocycles. The second kappa shape index (κ2) is 7.03. The fourth-order valence-corrected chi connectivity index (χ4v) is 3.98. The third-order valence-corrected chi connectivity index (χ3v) is 5.61. The van der Waals surface area contributed by atoms with E-state index in [1.165, 1.54) is 0 Å². The molecule has 1 aromatic rings. The van der Waals surface area contributed by atoms with Gasteiger partial charge >= 0.3 is 0 Å². The van der Waals surface area contributed by atoms with Crippen molar-refractivity contribution in [3.8, 4) is 0 Å². The molecule has 3 heterocycles. The van der Waals surface area contributed by atoms with Crippen LogP contribution in [0.1, 0.15) is 34.3 Å². The molecule has 8 nitrogen and oxygen atoms in total. The van der Waals surface area contributed by atoms with E-state index in [-0.39, 0.29) is 29.7 Å². The van der Waals surface area contributed by atoms with Gasteiger partial charge in [-0.3, -0.25) is 19.7 Å². The monoisotopic (exact) mass is 372 g/mol. The normalized spacial score (nSPS) is 23.8.